The van der Waals surface area contributed by atoms with E-state index in [0.717, 1.165) is 29.4 Å². The van der Waals surface area contributed by atoms with Crippen LogP contribution in [0.4, 0.5) is 0 Å². The maximum atomic E-state index is 12.5. The second-order valence-electron chi connectivity index (χ2n) is 7.93. The molecule has 2 rings (SSSR count). The number of carbonyl (C=O) groups is 2. The summed E-state index contributed by atoms with van der Waals surface area (Å²) in [6.45, 7) is 6.78. The lowest BCUT2D eigenvalue weighted by Gasteiger charge is -2.18. The first-order valence-corrected chi connectivity index (χ1v) is 11.5. The van der Waals surface area contributed by atoms with Crippen molar-refractivity contribution in [1.29, 1.82) is 0 Å². The van der Waals surface area contributed by atoms with Crippen LogP contribution in [0, 0.1) is 17.8 Å². The number of hydrogen-bond acceptors (Lipinski definition) is 3. The summed E-state index contributed by atoms with van der Waals surface area (Å²) < 4.78 is 8.26. The second kappa shape index (κ2) is 12.2. The summed E-state index contributed by atoms with van der Waals surface area (Å²) in [6.07, 6.45) is 8.98. The van der Waals surface area contributed by atoms with Crippen molar-refractivity contribution in [3.63, 3.8) is 0 Å². The largest absolute Gasteiger partial charge is 0.369 e. The molecule has 0 fully saturated rings. The van der Waals surface area contributed by atoms with Gasteiger partial charge in [-0.3, -0.25) is 4.79 Å². The number of ketones is 1. The molecule has 1 aliphatic carbocycles. The van der Waals surface area contributed by atoms with Gasteiger partial charge in [-0.25, -0.2) is 0 Å². The number of benzene rings is 1. The van der Waals surface area contributed by atoms with Gasteiger partial charge in [-0.2, -0.15) is 0 Å². The summed E-state index contributed by atoms with van der Waals surface area (Å²) in [6, 6.07) is 10.2. The fraction of sp³-hybridized carbons (Fsp3) is 0.440. The molecule has 1 aromatic rings. The second-order valence-corrected chi connectivity index (χ2v) is 8.65. The van der Waals surface area contributed by atoms with Crippen LogP contribution in [0.2, 0.25) is 0 Å². The van der Waals surface area contributed by atoms with Crippen LogP contribution in [0.15, 0.2) is 63.8 Å². The van der Waals surface area contributed by atoms with E-state index in [4.69, 9.17) is 4.74 Å². The average Bonchev–Trinajstić information content (AvgIpc) is 2.98. The molecule has 156 valence electrons. The minimum Gasteiger partial charge on any atom is -0.369 e. The van der Waals surface area contributed by atoms with Gasteiger partial charge >= 0.3 is 0 Å². The maximum Gasteiger partial charge on any atom is 0.160 e. The molecular formula is C25H31IO3. The lowest BCUT2D eigenvalue weighted by atomic mass is 9.92. The molecule has 0 aromatic heterocycles. The normalized spacial score (nSPS) is 20.6. The molecule has 0 N–H and O–H groups in total. The van der Waals surface area contributed by atoms with Crippen LogP contribution in [-0.2, 0) is 20.9 Å². The predicted molar refractivity (Wildman–Crippen MR) is 127 cm³/mol. The number of Topliss-reactive ketones (excluding diaryl/α,β-unsaturated/α-hetero) is 1. The van der Waals surface area contributed by atoms with Crippen molar-refractivity contribution in [2.75, 3.05) is 0 Å². The van der Waals surface area contributed by atoms with E-state index in [2.05, 4.69) is 66.8 Å². The number of ether oxygens (including phenoxy) is 1. The Kier molecular flexibility index (Phi) is 10.0. The molecule has 0 spiro atoms. The van der Waals surface area contributed by atoms with Crippen LogP contribution in [0.25, 0.3) is 0 Å². The maximum absolute atomic E-state index is 12.5. The van der Waals surface area contributed by atoms with Crippen LogP contribution < -0.4 is 0 Å². The molecule has 0 unspecified atom stereocenters. The third-order valence-electron chi connectivity index (χ3n) is 5.38. The van der Waals surface area contributed by atoms with Crippen molar-refractivity contribution in [2.45, 2.75) is 52.7 Å². The highest BCUT2D eigenvalue weighted by atomic mass is 127. The first kappa shape index (κ1) is 23.7. The molecular weight excluding hydrogens is 475 g/mol. The molecule has 1 aliphatic rings. The van der Waals surface area contributed by atoms with Crippen LogP contribution in [-0.4, -0.2) is 18.2 Å². The molecule has 0 saturated heterocycles. The molecule has 0 bridgehead atoms. The molecule has 0 aliphatic heterocycles. The van der Waals surface area contributed by atoms with Crippen LogP contribution >= 0.6 is 22.6 Å². The first-order valence-electron chi connectivity index (χ1n) is 10.3. The van der Waals surface area contributed by atoms with Crippen molar-refractivity contribution < 1.29 is 14.3 Å². The zero-order chi connectivity index (χ0) is 21.2. The number of hydrogen-bond donors (Lipinski definition) is 0. The molecule has 0 amide bonds. The standard InChI is InChI=1S/C25H31IO3/c1-18(11-13-26)15-22(29-17-21-7-5-4-6-8-21)9-10-23-20(3)16-24(28)25(23)19(2)12-14-27/h4-11,13-14,18-20,22H,12,15-17H2,1-3H3/b10-9+,13-11+/t18-,19+,20+,22-/m1/s1. The van der Waals surface area contributed by atoms with Crippen molar-refractivity contribution in [3.05, 3.63) is 69.4 Å². The third kappa shape index (κ3) is 7.34. The Hall–Kier alpha value is -1.53. The highest BCUT2D eigenvalue weighted by molar-refractivity contribution is 14.1. The summed E-state index contributed by atoms with van der Waals surface area (Å²) in [7, 11) is 0. The highest BCUT2D eigenvalue weighted by Crippen LogP contribution is 2.35. The van der Waals surface area contributed by atoms with E-state index < -0.39 is 0 Å². The lowest BCUT2D eigenvalue weighted by molar-refractivity contribution is -0.115. The van der Waals surface area contributed by atoms with Crippen molar-refractivity contribution in [1.82, 2.24) is 0 Å². The molecule has 4 atom stereocenters. The van der Waals surface area contributed by atoms with Crippen molar-refractivity contribution in [2.24, 2.45) is 17.8 Å². The summed E-state index contributed by atoms with van der Waals surface area (Å²) in [5.74, 6) is 0.718. The van der Waals surface area contributed by atoms with Gasteiger partial charge in [0, 0.05) is 18.4 Å². The van der Waals surface area contributed by atoms with Gasteiger partial charge in [0.2, 0.25) is 0 Å². The van der Waals surface area contributed by atoms with Gasteiger partial charge in [0.25, 0.3) is 0 Å². The van der Waals surface area contributed by atoms with Gasteiger partial charge in [0.15, 0.2) is 5.78 Å². The van der Waals surface area contributed by atoms with E-state index in [1.54, 1.807) is 0 Å². The Morgan fingerprint density at radius 3 is 2.59 bits per heavy atom. The molecule has 29 heavy (non-hydrogen) atoms. The Balaban J connectivity index is 2.21. The summed E-state index contributed by atoms with van der Waals surface area (Å²) >= 11 is 2.24. The van der Waals surface area contributed by atoms with Gasteiger partial charge in [-0.15, -0.1) is 0 Å². The number of carbonyl (C=O) groups excluding carboxylic acids is 2. The Morgan fingerprint density at radius 1 is 1.21 bits per heavy atom. The SMILES string of the molecule is C[C@H](/C=C/I)C[C@@H](/C=C/C1=C([C@@H](C)CC=O)C(=O)C[C@@H]1C)OCc1ccccc1. The monoisotopic (exact) mass is 506 g/mol. The molecule has 0 radical (unpaired) electrons. The van der Waals surface area contributed by atoms with Crippen molar-refractivity contribution in [3.8, 4) is 0 Å². The number of rotatable bonds is 11. The minimum atomic E-state index is -0.0455. The number of aldehydes is 1. The molecule has 0 heterocycles. The molecule has 4 heteroatoms. The van der Waals surface area contributed by atoms with Gasteiger partial charge in [-0.1, -0.05) is 91.9 Å². The van der Waals surface area contributed by atoms with E-state index >= 15 is 0 Å². The van der Waals surface area contributed by atoms with Gasteiger partial charge in [0.1, 0.15) is 6.29 Å². The highest BCUT2D eigenvalue weighted by Gasteiger charge is 2.30. The Labute approximate surface area is 188 Å². The van der Waals surface area contributed by atoms with E-state index in [1.807, 2.05) is 29.2 Å². The van der Waals surface area contributed by atoms with Gasteiger partial charge in [0.05, 0.1) is 12.7 Å². The zero-order valence-corrected chi connectivity index (χ0v) is 19.7. The van der Waals surface area contributed by atoms with Crippen molar-refractivity contribution >= 4 is 34.7 Å². The predicted octanol–water partition coefficient (Wildman–Crippen LogP) is 6.23. The number of halogens is 1. The van der Waals surface area contributed by atoms with Crippen LogP contribution in [0.3, 0.4) is 0 Å². The summed E-state index contributed by atoms with van der Waals surface area (Å²) in [5, 5.41) is 0. The zero-order valence-electron chi connectivity index (χ0n) is 17.5. The van der Waals surface area contributed by atoms with Gasteiger partial charge in [-0.05, 0) is 39.4 Å². The fourth-order valence-electron chi connectivity index (χ4n) is 3.76. The summed E-state index contributed by atoms with van der Waals surface area (Å²) in [4.78, 5) is 23.4. The van der Waals surface area contributed by atoms with E-state index in [1.165, 1.54) is 0 Å². The first-order chi connectivity index (χ1) is 14.0. The average molecular weight is 506 g/mol. The summed E-state index contributed by atoms with van der Waals surface area (Å²) in [5.41, 5.74) is 3.03. The van der Waals surface area contributed by atoms with Crippen LogP contribution in [0.5, 0.6) is 0 Å². The molecule has 1 aromatic carbocycles. The molecule has 0 saturated carbocycles. The third-order valence-corrected chi connectivity index (χ3v) is 5.79. The minimum absolute atomic E-state index is 0.0332. The van der Waals surface area contributed by atoms with Crippen LogP contribution in [0.1, 0.15) is 45.6 Å². The lowest BCUT2D eigenvalue weighted by Crippen LogP contribution is -2.14. The van der Waals surface area contributed by atoms with E-state index in [9.17, 15) is 9.59 Å². The smallest absolute Gasteiger partial charge is 0.160 e. The van der Waals surface area contributed by atoms with E-state index in [-0.39, 0.29) is 23.7 Å². The Bertz CT molecular complexity index is 764. The van der Waals surface area contributed by atoms with E-state index in [0.29, 0.717) is 25.4 Å². The molecule has 3 nitrogen and oxygen atoms in total. The van der Waals surface area contributed by atoms with Gasteiger partial charge < -0.3 is 9.53 Å². The Morgan fingerprint density at radius 2 is 1.93 bits per heavy atom. The quantitative estimate of drug-likeness (QED) is 0.264. The number of allylic oxidation sites excluding steroid dienone is 4. The fourth-order valence-corrected chi connectivity index (χ4v) is 4.47. The topological polar surface area (TPSA) is 43.4 Å².